The topological polar surface area (TPSA) is 175 Å². The van der Waals surface area contributed by atoms with Crippen molar-refractivity contribution < 1.29 is 42.2 Å². The highest BCUT2D eigenvalue weighted by atomic mass is 32.1. The van der Waals surface area contributed by atoms with Crippen molar-refractivity contribution in [2.45, 2.75) is 86.4 Å². The van der Waals surface area contributed by atoms with Gasteiger partial charge in [0.15, 0.2) is 9.88 Å². The average molecular weight is 977 g/mol. The molecule has 0 aliphatic heterocycles. The lowest BCUT2D eigenvalue weighted by atomic mass is 10.0. The largest absolute Gasteiger partial charge is 0.462 e. The van der Waals surface area contributed by atoms with Gasteiger partial charge >= 0.3 is 18.2 Å². The van der Waals surface area contributed by atoms with Crippen molar-refractivity contribution in [3.05, 3.63) is 79.1 Å². The van der Waals surface area contributed by atoms with Crippen LogP contribution in [0.25, 0.3) is 16.7 Å². The van der Waals surface area contributed by atoms with Crippen LogP contribution in [0.5, 0.6) is 0 Å². The minimum absolute atomic E-state index is 0.0142. The van der Waals surface area contributed by atoms with Gasteiger partial charge in [-0.05, 0) is 174 Å². The molecule has 0 saturated carbocycles. The van der Waals surface area contributed by atoms with E-state index < -0.39 is 41.0 Å². The summed E-state index contributed by atoms with van der Waals surface area (Å²) in [7, 11) is 2.97. The predicted molar refractivity (Wildman–Crippen MR) is 268 cm³/mol. The third-order valence-corrected chi connectivity index (χ3v) is 8.98. The Hall–Kier alpha value is -8.13. The number of nitrogens with one attached hydrogen (secondary N) is 4. The first-order chi connectivity index (χ1) is 32.2. The lowest BCUT2D eigenvalue weighted by molar-refractivity contribution is -0.136. The highest BCUT2D eigenvalue weighted by Crippen LogP contribution is 2.41. The van der Waals surface area contributed by atoms with E-state index in [4.69, 9.17) is 57.9 Å². The summed E-state index contributed by atoms with van der Waals surface area (Å²) >= 11 is 10.1. The van der Waals surface area contributed by atoms with Crippen LogP contribution >= 0.6 is 24.4 Å². The summed E-state index contributed by atoms with van der Waals surface area (Å²) in [6.45, 7) is 15.2. The molecule has 14 nitrogen and oxygen atoms in total. The molecule has 2 aromatic carbocycles. The molecule has 0 fully saturated rings. The van der Waals surface area contributed by atoms with E-state index in [9.17, 15) is 32.8 Å². The van der Waals surface area contributed by atoms with Crippen LogP contribution in [0.3, 0.4) is 0 Å². The first kappa shape index (κ1) is 57.0. The molecule has 69 heavy (non-hydrogen) atoms. The SMILES string of the molecule is C#CC#CC#C.C#CC#CC#CC.CCOC(=O)C1=C(NC(=S)NC(C)=O)Cc2c1cc(F)cc2N(C)C(=O)OC(C)(C)C.CN(C(=O)OC(C)(C)C)c1cc(F)cc2c1Cc1[nH]c(=S)[nH]c(=O)c1-2. The summed E-state index contributed by atoms with van der Waals surface area (Å²) in [5.41, 5.74) is 2.10. The molecule has 0 spiro atoms. The van der Waals surface area contributed by atoms with Gasteiger partial charge in [-0.2, -0.15) is 0 Å². The molecule has 358 valence electrons. The van der Waals surface area contributed by atoms with E-state index in [1.54, 1.807) is 55.4 Å². The van der Waals surface area contributed by atoms with Gasteiger partial charge < -0.3 is 29.8 Å². The number of hydrogen-bond acceptors (Lipinski definition) is 10. The summed E-state index contributed by atoms with van der Waals surface area (Å²) in [6, 6.07) is 4.95. The smallest absolute Gasteiger partial charge is 0.414 e. The fourth-order valence-electron chi connectivity index (χ4n) is 6.15. The molecule has 1 aromatic heterocycles. The van der Waals surface area contributed by atoms with Gasteiger partial charge in [0.2, 0.25) is 5.91 Å². The van der Waals surface area contributed by atoms with Crippen LogP contribution in [0.15, 0.2) is 34.8 Å². The number of aromatic amines is 2. The van der Waals surface area contributed by atoms with E-state index in [0.29, 0.717) is 45.8 Å². The van der Waals surface area contributed by atoms with Gasteiger partial charge in [0.25, 0.3) is 5.56 Å². The Balaban J connectivity index is 0.000000381. The lowest BCUT2D eigenvalue weighted by Crippen LogP contribution is -2.38. The molecule has 4 N–H and O–H groups in total. The number of thiocarbonyl (C=S) groups is 1. The number of nitrogens with zero attached hydrogens (tertiary/aromatic N) is 2. The number of terminal acetylenes is 3. The summed E-state index contributed by atoms with van der Waals surface area (Å²) < 4.78 is 44.7. The third kappa shape index (κ3) is 17.2. The molecule has 2 aliphatic rings. The molecular weight excluding hydrogens is 927 g/mol. The van der Waals surface area contributed by atoms with Crippen molar-refractivity contribution >= 4 is 70.6 Å². The Morgan fingerprint density at radius 3 is 1.71 bits per heavy atom. The van der Waals surface area contributed by atoms with Crippen LogP contribution < -0.4 is 26.0 Å². The molecule has 3 amide bonds. The number of halogens is 2. The Labute approximate surface area is 411 Å². The van der Waals surface area contributed by atoms with Crippen molar-refractivity contribution in [2.75, 3.05) is 30.5 Å². The van der Waals surface area contributed by atoms with E-state index in [1.165, 1.54) is 55.1 Å². The lowest BCUT2D eigenvalue weighted by Gasteiger charge is -2.26. The van der Waals surface area contributed by atoms with Crippen molar-refractivity contribution in [1.82, 2.24) is 20.6 Å². The highest BCUT2D eigenvalue weighted by molar-refractivity contribution is 7.80. The van der Waals surface area contributed by atoms with Crippen molar-refractivity contribution in [1.29, 1.82) is 0 Å². The maximum absolute atomic E-state index is 14.5. The van der Waals surface area contributed by atoms with Crippen LogP contribution in [0.1, 0.15) is 84.7 Å². The number of benzene rings is 2. The number of hydrogen-bond donors (Lipinski definition) is 4. The molecule has 18 heteroatoms. The van der Waals surface area contributed by atoms with E-state index in [1.807, 2.05) is 0 Å². The van der Waals surface area contributed by atoms with Crippen LogP contribution in [0.4, 0.5) is 29.7 Å². The highest BCUT2D eigenvalue weighted by Gasteiger charge is 2.34. The van der Waals surface area contributed by atoms with Gasteiger partial charge in [0.05, 0.1) is 29.1 Å². The van der Waals surface area contributed by atoms with E-state index >= 15 is 0 Å². The molecule has 5 rings (SSSR count). The molecule has 0 unspecified atom stereocenters. The standard InChI is InChI=1S/C21H26FN3O5S.C17H18FN3O3S.C7H4.C6H2/c1-7-29-18(27)17-14-8-12(22)9-16(25(6)20(28)30-21(3,4)5)13(14)10-15(17)24-19(31)23-11(2)26;1-17(2,3)24-16(23)21(4)12-6-8(18)5-10-9(12)7-11-13(10)14(22)20-15(25)19-11;1-3-5-7-6-4-2;1-3-5-6-4-2/h8-9H,7,10H2,1-6H3,(H2,23,24,26,31);5-6H,7H2,1-4H3,(H2,19,20,22,25);1H,2H3;1-2H. The predicted octanol–water partition coefficient (Wildman–Crippen LogP) is 7.45. The van der Waals surface area contributed by atoms with E-state index in [-0.39, 0.29) is 51.2 Å². The number of ether oxygens (including phenoxy) is 3. The fourth-order valence-corrected chi connectivity index (χ4v) is 6.63. The molecule has 0 saturated heterocycles. The Morgan fingerprint density at radius 2 is 1.26 bits per heavy atom. The molecule has 0 atom stereocenters. The molecule has 0 radical (unpaired) electrons. The van der Waals surface area contributed by atoms with Crippen molar-refractivity contribution in [3.63, 3.8) is 0 Å². The zero-order valence-corrected chi connectivity index (χ0v) is 41.5. The van der Waals surface area contributed by atoms with Crippen LogP contribution in [-0.4, -0.2) is 71.0 Å². The first-order valence-electron chi connectivity index (χ1n) is 20.5. The fraction of sp³-hybridized carbons (Fsp3) is 0.314. The minimum Gasteiger partial charge on any atom is -0.462 e. The second-order valence-electron chi connectivity index (χ2n) is 16.1. The van der Waals surface area contributed by atoms with Crippen LogP contribution in [-0.2, 0) is 36.6 Å². The maximum Gasteiger partial charge on any atom is 0.414 e. The normalized spacial score (nSPS) is 10.9. The van der Waals surface area contributed by atoms with Crippen LogP contribution in [0.2, 0.25) is 0 Å². The molecular formula is C51H50F2N6O8S2. The second kappa shape index (κ2) is 25.7. The van der Waals surface area contributed by atoms with E-state index in [2.05, 4.69) is 73.9 Å². The molecule has 2 aliphatic carbocycles. The number of carbonyl (C=O) groups is 4. The van der Waals surface area contributed by atoms with Gasteiger partial charge in [-0.25, -0.2) is 23.2 Å². The van der Waals surface area contributed by atoms with Crippen molar-refractivity contribution in [2.24, 2.45) is 0 Å². The van der Waals surface area contributed by atoms with Gasteiger partial charge in [-0.3, -0.25) is 24.4 Å². The van der Waals surface area contributed by atoms with E-state index in [0.717, 1.165) is 0 Å². The quantitative estimate of drug-likeness (QED) is 0.0677. The van der Waals surface area contributed by atoms with Gasteiger partial charge in [-0.15, -0.1) is 19.3 Å². The molecule has 3 aromatic rings. The Bertz CT molecular complexity index is 2990. The van der Waals surface area contributed by atoms with Gasteiger partial charge in [0.1, 0.15) is 22.8 Å². The molecule has 0 bridgehead atoms. The summed E-state index contributed by atoms with van der Waals surface area (Å²) in [5.74, 6) is 18.4. The monoisotopic (exact) mass is 976 g/mol. The Kier molecular flexibility index (Phi) is 21.2. The number of amides is 3. The zero-order chi connectivity index (χ0) is 52.4. The maximum atomic E-state index is 14.5. The number of esters is 1. The number of rotatable bonds is 5. The third-order valence-electron chi connectivity index (χ3n) is 8.57. The number of aromatic nitrogens is 2. The molecule has 1 heterocycles. The number of H-pyrrole nitrogens is 2. The van der Waals surface area contributed by atoms with Gasteiger partial charge in [0, 0.05) is 45.3 Å². The summed E-state index contributed by atoms with van der Waals surface area (Å²) in [5, 5.41) is 5.22. The number of anilines is 2. The Morgan fingerprint density at radius 1 is 0.783 bits per heavy atom. The number of fused-ring (bicyclic) bond motifs is 4. The summed E-state index contributed by atoms with van der Waals surface area (Å²) in [6.07, 6.45) is 13.4. The summed E-state index contributed by atoms with van der Waals surface area (Å²) in [4.78, 5) is 69.0. The number of allylic oxidation sites excluding steroid dienone is 1. The van der Waals surface area contributed by atoms with Crippen LogP contribution in [0, 0.1) is 89.0 Å². The van der Waals surface area contributed by atoms with Crippen molar-refractivity contribution in [3.8, 4) is 83.7 Å². The second-order valence-corrected chi connectivity index (χ2v) is 16.9. The first-order valence-corrected chi connectivity index (χ1v) is 21.3. The average Bonchev–Trinajstić information content (AvgIpc) is 3.78. The minimum atomic E-state index is -0.743. The van der Waals surface area contributed by atoms with Gasteiger partial charge in [-0.1, -0.05) is 5.92 Å². The number of carbonyl (C=O) groups excluding carboxylic acids is 4. The zero-order valence-electron chi connectivity index (χ0n) is 39.9.